The standard InChI is InChI=1S/C14H26N2O/c1-3-5-6-11(4-2)14(17)16-9-12-7-15-8-13(12)10-16/h11-13,15H,3-10H2,1-2H3. The van der Waals surface area contributed by atoms with E-state index < -0.39 is 0 Å². The van der Waals surface area contributed by atoms with Gasteiger partial charge in [0.15, 0.2) is 0 Å². The molecule has 98 valence electrons. The quantitative estimate of drug-likeness (QED) is 0.793. The Morgan fingerprint density at radius 2 is 1.94 bits per heavy atom. The maximum Gasteiger partial charge on any atom is 0.225 e. The zero-order chi connectivity index (χ0) is 12.3. The lowest BCUT2D eigenvalue weighted by Crippen LogP contribution is -2.36. The maximum absolute atomic E-state index is 12.4. The van der Waals surface area contributed by atoms with Crippen molar-refractivity contribution >= 4 is 5.91 Å². The van der Waals surface area contributed by atoms with E-state index in [0.717, 1.165) is 50.9 Å². The molecule has 2 aliphatic rings. The maximum atomic E-state index is 12.4. The second-order valence-corrected chi connectivity index (χ2v) is 5.67. The Balaban J connectivity index is 1.86. The summed E-state index contributed by atoms with van der Waals surface area (Å²) in [6, 6.07) is 0. The third kappa shape index (κ3) is 2.82. The topological polar surface area (TPSA) is 32.3 Å². The van der Waals surface area contributed by atoms with Crippen molar-refractivity contribution in [1.29, 1.82) is 0 Å². The summed E-state index contributed by atoms with van der Waals surface area (Å²) >= 11 is 0. The Morgan fingerprint density at radius 1 is 1.29 bits per heavy atom. The normalized spacial score (nSPS) is 29.4. The molecule has 17 heavy (non-hydrogen) atoms. The van der Waals surface area contributed by atoms with E-state index in [-0.39, 0.29) is 5.92 Å². The summed E-state index contributed by atoms with van der Waals surface area (Å²) in [5.74, 6) is 2.15. The molecule has 0 spiro atoms. The van der Waals surface area contributed by atoms with Crippen molar-refractivity contribution in [2.45, 2.75) is 39.5 Å². The fourth-order valence-corrected chi connectivity index (χ4v) is 3.25. The van der Waals surface area contributed by atoms with Gasteiger partial charge in [0.1, 0.15) is 0 Å². The van der Waals surface area contributed by atoms with Crippen LogP contribution in [0.5, 0.6) is 0 Å². The van der Waals surface area contributed by atoms with Crippen LogP contribution < -0.4 is 5.32 Å². The van der Waals surface area contributed by atoms with Crippen molar-refractivity contribution in [3.63, 3.8) is 0 Å². The third-order valence-electron chi connectivity index (χ3n) is 4.45. The molecule has 0 aromatic carbocycles. The number of nitrogens with zero attached hydrogens (tertiary/aromatic N) is 1. The van der Waals surface area contributed by atoms with Crippen molar-refractivity contribution < 1.29 is 4.79 Å². The molecule has 3 heteroatoms. The van der Waals surface area contributed by atoms with Crippen LogP contribution in [0.3, 0.4) is 0 Å². The van der Waals surface area contributed by atoms with Crippen LogP contribution in [-0.4, -0.2) is 37.0 Å². The van der Waals surface area contributed by atoms with Crippen molar-refractivity contribution in [1.82, 2.24) is 10.2 Å². The van der Waals surface area contributed by atoms with Gasteiger partial charge in [-0.05, 0) is 24.7 Å². The second-order valence-electron chi connectivity index (χ2n) is 5.67. The minimum atomic E-state index is 0.279. The van der Waals surface area contributed by atoms with Gasteiger partial charge in [-0.1, -0.05) is 26.7 Å². The average Bonchev–Trinajstić information content (AvgIpc) is 2.89. The summed E-state index contributed by atoms with van der Waals surface area (Å²) in [7, 11) is 0. The molecule has 2 rings (SSSR count). The molecule has 0 aromatic rings. The van der Waals surface area contributed by atoms with Gasteiger partial charge in [-0.3, -0.25) is 4.79 Å². The van der Waals surface area contributed by atoms with Gasteiger partial charge in [-0.15, -0.1) is 0 Å². The highest BCUT2D eigenvalue weighted by Gasteiger charge is 2.39. The van der Waals surface area contributed by atoms with Crippen molar-refractivity contribution in [3.8, 4) is 0 Å². The molecular weight excluding hydrogens is 212 g/mol. The number of carbonyl (C=O) groups is 1. The highest BCUT2D eigenvalue weighted by Crippen LogP contribution is 2.28. The first-order valence-corrected chi connectivity index (χ1v) is 7.25. The first-order chi connectivity index (χ1) is 8.26. The smallest absolute Gasteiger partial charge is 0.225 e. The van der Waals surface area contributed by atoms with Crippen LogP contribution >= 0.6 is 0 Å². The van der Waals surface area contributed by atoms with Gasteiger partial charge < -0.3 is 10.2 Å². The molecule has 0 bridgehead atoms. The third-order valence-corrected chi connectivity index (χ3v) is 4.45. The SMILES string of the molecule is CCCCC(CC)C(=O)N1CC2CNCC2C1. The second kappa shape index (κ2) is 5.85. The van der Waals surface area contributed by atoms with Crippen LogP contribution in [0.4, 0.5) is 0 Å². The summed E-state index contributed by atoms with van der Waals surface area (Å²) in [5.41, 5.74) is 0. The first-order valence-electron chi connectivity index (χ1n) is 7.25. The lowest BCUT2D eigenvalue weighted by molar-refractivity contribution is -0.135. The molecule has 2 aliphatic heterocycles. The van der Waals surface area contributed by atoms with Crippen LogP contribution in [0.15, 0.2) is 0 Å². The van der Waals surface area contributed by atoms with E-state index in [4.69, 9.17) is 0 Å². The molecular formula is C14H26N2O. The number of nitrogens with one attached hydrogen (secondary N) is 1. The number of likely N-dealkylation sites (tertiary alicyclic amines) is 1. The molecule has 0 aromatic heterocycles. The molecule has 0 radical (unpaired) electrons. The van der Waals surface area contributed by atoms with Crippen molar-refractivity contribution in [2.75, 3.05) is 26.2 Å². The van der Waals surface area contributed by atoms with Crippen LogP contribution in [0.25, 0.3) is 0 Å². The Bertz CT molecular complexity index is 255. The van der Waals surface area contributed by atoms with Gasteiger partial charge in [0.2, 0.25) is 5.91 Å². The van der Waals surface area contributed by atoms with E-state index in [1.807, 2.05) is 0 Å². The fourth-order valence-electron chi connectivity index (χ4n) is 3.25. The van der Waals surface area contributed by atoms with E-state index in [2.05, 4.69) is 24.1 Å². The van der Waals surface area contributed by atoms with Gasteiger partial charge in [-0.2, -0.15) is 0 Å². The zero-order valence-electron chi connectivity index (χ0n) is 11.2. The van der Waals surface area contributed by atoms with E-state index in [1.165, 1.54) is 12.8 Å². The minimum Gasteiger partial charge on any atom is -0.342 e. The molecule has 3 atom stereocenters. The Hall–Kier alpha value is -0.570. The molecule has 1 N–H and O–H groups in total. The van der Waals surface area contributed by atoms with Gasteiger partial charge >= 0.3 is 0 Å². The molecule has 1 amide bonds. The first kappa shape index (κ1) is 12.9. The van der Waals surface area contributed by atoms with E-state index in [1.54, 1.807) is 0 Å². The predicted molar refractivity (Wildman–Crippen MR) is 69.7 cm³/mol. The number of unbranched alkanes of at least 4 members (excludes halogenated alkanes) is 1. The van der Waals surface area contributed by atoms with Gasteiger partial charge in [0.25, 0.3) is 0 Å². The molecule has 3 nitrogen and oxygen atoms in total. The fraction of sp³-hybridized carbons (Fsp3) is 0.929. The summed E-state index contributed by atoms with van der Waals surface area (Å²) < 4.78 is 0. The van der Waals surface area contributed by atoms with E-state index in [9.17, 15) is 4.79 Å². The molecule has 0 saturated carbocycles. The van der Waals surface area contributed by atoms with Crippen LogP contribution in [0, 0.1) is 17.8 Å². The van der Waals surface area contributed by atoms with E-state index >= 15 is 0 Å². The number of rotatable bonds is 5. The highest BCUT2D eigenvalue weighted by molar-refractivity contribution is 5.79. The van der Waals surface area contributed by atoms with Crippen molar-refractivity contribution in [3.05, 3.63) is 0 Å². The largest absolute Gasteiger partial charge is 0.342 e. The molecule has 0 aliphatic carbocycles. The lowest BCUT2D eigenvalue weighted by Gasteiger charge is -2.23. The predicted octanol–water partition coefficient (Wildman–Crippen LogP) is 1.88. The Labute approximate surface area is 105 Å². The van der Waals surface area contributed by atoms with Crippen LogP contribution in [0.2, 0.25) is 0 Å². The number of carbonyl (C=O) groups excluding carboxylic acids is 1. The summed E-state index contributed by atoms with van der Waals surface area (Å²) in [6.07, 6.45) is 4.46. The van der Waals surface area contributed by atoms with Gasteiger partial charge in [-0.25, -0.2) is 0 Å². The summed E-state index contributed by atoms with van der Waals surface area (Å²) in [5, 5.41) is 3.42. The van der Waals surface area contributed by atoms with Gasteiger partial charge in [0.05, 0.1) is 0 Å². The molecule has 2 heterocycles. The molecule has 2 saturated heterocycles. The van der Waals surface area contributed by atoms with Crippen LogP contribution in [-0.2, 0) is 4.79 Å². The zero-order valence-corrected chi connectivity index (χ0v) is 11.2. The highest BCUT2D eigenvalue weighted by atomic mass is 16.2. The summed E-state index contributed by atoms with van der Waals surface area (Å²) in [4.78, 5) is 14.6. The monoisotopic (exact) mass is 238 g/mol. The minimum absolute atomic E-state index is 0.279. The number of amides is 1. The number of fused-ring (bicyclic) bond motifs is 1. The summed E-state index contributed by atoms with van der Waals surface area (Å²) in [6.45, 7) is 8.57. The Morgan fingerprint density at radius 3 is 2.47 bits per heavy atom. The molecule has 2 fully saturated rings. The van der Waals surface area contributed by atoms with Gasteiger partial charge in [0, 0.05) is 32.1 Å². The Kier molecular flexibility index (Phi) is 4.43. The molecule has 3 unspecified atom stereocenters. The average molecular weight is 238 g/mol. The van der Waals surface area contributed by atoms with E-state index in [0.29, 0.717) is 5.91 Å². The van der Waals surface area contributed by atoms with Crippen LogP contribution in [0.1, 0.15) is 39.5 Å². The lowest BCUT2D eigenvalue weighted by atomic mass is 9.98. The number of hydrogen-bond acceptors (Lipinski definition) is 2. The van der Waals surface area contributed by atoms with Crippen molar-refractivity contribution in [2.24, 2.45) is 17.8 Å². The number of hydrogen-bond donors (Lipinski definition) is 1.